The van der Waals surface area contributed by atoms with E-state index >= 15 is 0 Å². The summed E-state index contributed by atoms with van der Waals surface area (Å²) in [4.78, 5) is 35.0. The molecule has 0 aliphatic rings. The molecular weight excluding hydrogens is 326 g/mol. The van der Waals surface area contributed by atoms with E-state index in [2.05, 4.69) is 5.32 Å². The van der Waals surface area contributed by atoms with E-state index in [1.54, 1.807) is 0 Å². The third kappa shape index (κ3) is 5.61. The lowest BCUT2D eigenvalue weighted by Crippen LogP contribution is -2.35. The van der Waals surface area contributed by atoms with Gasteiger partial charge in [0.05, 0.1) is 4.92 Å². The summed E-state index contributed by atoms with van der Waals surface area (Å²) in [5, 5.41) is 13.1. The van der Waals surface area contributed by atoms with Crippen molar-refractivity contribution >= 4 is 23.4 Å². The summed E-state index contributed by atoms with van der Waals surface area (Å²) < 4.78 is 5.12. The highest BCUT2D eigenvalue weighted by atomic mass is 16.6. The van der Waals surface area contributed by atoms with Crippen molar-refractivity contribution in [2.45, 2.75) is 6.61 Å². The SMILES string of the molecule is CN(CC(=O)Nc1ccc([N+](=O)[O-])cc1)C(=O)OCc1ccccc1. The molecule has 8 nitrogen and oxygen atoms in total. The van der Waals surface area contributed by atoms with Crippen molar-refractivity contribution in [2.75, 3.05) is 18.9 Å². The largest absolute Gasteiger partial charge is 0.445 e. The van der Waals surface area contributed by atoms with E-state index in [-0.39, 0.29) is 18.8 Å². The molecule has 0 atom stereocenters. The topological polar surface area (TPSA) is 102 Å². The van der Waals surface area contributed by atoms with E-state index in [1.807, 2.05) is 30.3 Å². The molecule has 0 aliphatic carbocycles. The number of hydrogen-bond donors (Lipinski definition) is 1. The molecule has 0 heterocycles. The molecule has 8 heteroatoms. The smallest absolute Gasteiger partial charge is 0.410 e. The minimum absolute atomic E-state index is 0.0698. The van der Waals surface area contributed by atoms with Crippen LogP contribution < -0.4 is 5.32 Å². The molecule has 1 N–H and O–H groups in total. The number of benzene rings is 2. The number of likely N-dealkylation sites (N-methyl/N-ethyl adjacent to an activating group) is 1. The number of nitro groups is 1. The van der Waals surface area contributed by atoms with E-state index in [9.17, 15) is 19.7 Å². The van der Waals surface area contributed by atoms with Crippen molar-refractivity contribution in [1.82, 2.24) is 4.90 Å². The summed E-state index contributed by atoms with van der Waals surface area (Å²) in [5.74, 6) is -0.437. The monoisotopic (exact) mass is 343 g/mol. The third-order valence-electron chi connectivity index (χ3n) is 3.26. The molecule has 130 valence electrons. The summed E-state index contributed by atoms with van der Waals surface area (Å²) in [6.07, 6.45) is -0.622. The van der Waals surface area contributed by atoms with Gasteiger partial charge in [0, 0.05) is 24.9 Å². The number of hydrogen-bond acceptors (Lipinski definition) is 5. The van der Waals surface area contributed by atoms with Crippen LogP contribution in [-0.4, -0.2) is 35.4 Å². The van der Waals surface area contributed by atoms with Gasteiger partial charge in [-0.2, -0.15) is 0 Å². The Hall–Kier alpha value is -3.42. The van der Waals surface area contributed by atoms with Gasteiger partial charge in [-0.25, -0.2) is 4.79 Å². The molecule has 0 aliphatic heterocycles. The second-order valence-electron chi connectivity index (χ2n) is 5.25. The Morgan fingerprint density at radius 1 is 1.12 bits per heavy atom. The van der Waals surface area contributed by atoms with Crippen LogP contribution in [0.25, 0.3) is 0 Å². The number of nitrogens with one attached hydrogen (secondary N) is 1. The van der Waals surface area contributed by atoms with E-state index in [0.29, 0.717) is 5.69 Å². The zero-order valence-electron chi connectivity index (χ0n) is 13.5. The first kappa shape index (κ1) is 17.9. The summed E-state index contributed by atoms with van der Waals surface area (Å²) in [6, 6.07) is 14.6. The predicted octanol–water partition coefficient (Wildman–Crippen LogP) is 2.80. The highest BCUT2D eigenvalue weighted by Crippen LogP contribution is 2.15. The maximum Gasteiger partial charge on any atom is 0.410 e. The van der Waals surface area contributed by atoms with Crippen LogP contribution in [0.15, 0.2) is 54.6 Å². The Kier molecular flexibility index (Phi) is 6.05. The van der Waals surface area contributed by atoms with Crippen molar-refractivity contribution < 1.29 is 19.2 Å². The van der Waals surface area contributed by atoms with Crippen LogP contribution in [0.1, 0.15) is 5.56 Å². The van der Waals surface area contributed by atoms with Crippen molar-refractivity contribution in [1.29, 1.82) is 0 Å². The molecule has 0 unspecified atom stereocenters. The number of nitrogens with zero attached hydrogens (tertiary/aromatic N) is 2. The molecule has 0 aromatic heterocycles. The van der Waals surface area contributed by atoms with Crippen LogP contribution in [0.4, 0.5) is 16.2 Å². The lowest BCUT2D eigenvalue weighted by atomic mass is 10.2. The number of carbonyl (C=O) groups excluding carboxylic acids is 2. The number of carbonyl (C=O) groups is 2. The molecule has 0 fully saturated rings. The van der Waals surface area contributed by atoms with Crippen LogP contribution in [-0.2, 0) is 16.1 Å². The second kappa shape index (κ2) is 8.44. The third-order valence-corrected chi connectivity index (χ3v) is 3.26. The number of rotatable bonds is 6. The molecule has 0 spiro atoms. The minimum Gasteiger partial charge on any atom is -0.445 e. The van der Waals surface area contributed by atoms with Crippen LogP contribution in [0.3, 0.4) is 0 Å². The minimum atomic E-state index is -0.622. The molecule has 25 heavy (non-hydrogen) atoms. The standard InChI is InChI=1S/C17H17N3O5/c1-19(17(22)25-12-13-5-3-2-4-6-13)11-16(21)18-14-7-9-15(10-8-14)20(23)24/h2-10H,11-12H2,1H3,(H,18,21). The van der Waals surface area contributed by atoms with Gasteiger partial charge in [0.2, 0.25) is 5.91 Å². The van der Waals surface area contributed by atoms with Gasteiger partial charge < -0.3 is 15.0 Å². The highest BCUT2D eigenvalue weighted by molar-refractivity contribution is 5.93. The fourth-order valence-electron chi connectivity index (χ4n) is 1.98. The Bertz CT molecular complexity index is 747. The normalized spacial score (nSPS) is 9.96. The van der Waals surface area contributed by atoms with Gasteiger partial charge in [0.25, 0.3) is 5.69 Å². The van der Waals surface area contributed by atoms with Gasteiger partial charge in [-0.3, -0.25) is 14.9 Å². The zero-order chi connectivity index (χ0) is 18.2. The summed E-state index contributed by atoms with van der Waals surface area (Å²) in [7, 11) is 1.45. The quantitative estimate of drug-likeness (QED) is 0.642. The van der Waals surface area contributed by atoms with Crippen molar-refractivity contribution in [3.05, 3.63) is 70.3 Å². The Balaban J connectivity index is 1.80. The number of amides is 2. The molecular formula is C17H17N3O5. The van der Waals surface area contributed by atoms with Gasteiger partial charge >= 0.3 is 6.09 Å². The fraction of sp³-hybridized carbons (Fsp3) is 0.176. The average Bonchev–Trinajstić information content (AvgIpc) is 2.60. The van der Waals surface area contributed by atoms with E-state index in [4.69, 9.17) is 4.74 Å². The predicted molar refractivity (Wildman–Crippen MR) is 91.0 cm³/mol. The lowest BCUT2D eigenvalue weighted by Gasteiger charge is -2.16. The van der Waals surface area contributed by atoms with Gasteiger partial charge in [-0.05, 0) is 17.7 Å². The van der Waals surface area contributed by atoms with E-state index < -0.39 is 16.9 Å². The van der Waals surface area contributed by atoms with Crippen LogP contribution >= 0.6 is 0 Å². The summed E-state index contributed by atoms with van der Waals surface area (Å²) in [6.45, 7) is -0.0847. The van der Waals surface area contributed by atoms with Crippen LogP contribution in [0.2, 0.25) is 0 Å². The molecule has 2 amide bonds. The summed E-state index contributed by atoms with van der Waals surface area (Å²) >= 11 is 0. The highest BCUT2D eigenvalue weighted by Gasteiger charge is 2.15. The molecule has 2 aromatic carbocycles. The first-order valence-corrected chi connectivity index (χ1v) is 7.42. The number of anilines is 1. The molecule has 0 radical (unpaired) electrons. The maximum absolute atomic E-state index is 11.9. The molecule has 2 aromatic rings. The van der Waals surface area contributed by atoms with Crippen LogP contribution in [0.5, 0.6) is 0 Å². The van der Waals surface area contributed by atoms with E-state index in [0.717, 1.165) is 10.5 Å². The second-order valence-corrected chi connectivity index (χ2v) is 5.25. The summed E-state index contributed by atoms with van der Waals surface area (Å²) in [5.41, 5.74) is 1.18. The van der Waals surface area contributed by atoms with Crippen molar-refractivity contribution in [3.8, 4) is 0 Å². The zero-order valence-corrected chi connectivity index (χ0v) is 13.5. The van der Waals surface area contributed by atoms with Gasteiger partial charge in [-0.15, -0.1) is 0 Å². The van der Waals surface area contributed by atoms with Crippen LogP contribution in [0, 0.1) is 10.1 Å². The maximum atomic E-state index is 11.9. The first-order chi connectivity index (χ1) is 12.0. The molecule has 0 saturated heterocycles. The first-order valence-electron chi connectivity index (χ1n) is 7.42. The average molecular weight is 343 g/mol. The Labute approximate surface area is 144 Å². The Morgan fingerprint density at radius 2 is 1.76 bits per heavy atom. The molecule has 0 bridgehead atoms. The van der Waals surface area contributed by atoms with E-state index in [1.165, 1.54) is 31.3 Å². The fourth-order valence-corrected chi connectivity index (χ4v) is 1.98. The van der Waals surface area contributed by atoms with Gasteiger partial charge in [0.15, 0.2) is 0 Å². The number of nitro benzene ring substituents is 1. The van der Waals surface area contributed by atoms with Gasteiger partial charge in [0.1, 0.15) is 13.2 Å². The van der Waals surface area contributed by atoms with Gasteiger partial charge in [-0.1, -0.05) is 30.3 Å². The lowest BCUT2D eigenvalue weighted by molar-refractivity contribution is -0.384. The number of ether oxygens (including phenoxy) is 1. The Morgan fingerprint density at radius 3 is 2.36 bits per heavy atom. The van der Waals surface area contributed by atoms with Crippen molar-refractivity contribution in [3.63, 3.8) is 0 Å². The molecule has 0 saturated carbocycles. The molecule has 2 rings (SSSR count). The number of non-ortho nitro benzene ring substituents is 1. The van der Waals surface area contributed by atoms with Crippen molar-refractivity contribution in [2.24, 2.45) is 0 Å².